The third-order valence-corrected chi connectivity index (χ3v) is 4.84. The molecule has 0 aliphatic heterocycles. The van der Waals surface area contributed by atoms with E-state index in [0.717, 1.165) is 41.8 Å². The van der Waals surface area contributed by atoms with E-state index in [0.29, 0.717) is 23.7 Å². The van der Waals surface area contributed by atoms with Gasteiger partial charge in [-0.15, -0.1) is 0 Å². The summed E-state index contributed by atoms with van der Waals surface area (Å²) in [5.74, 6) is 2.21. The molecule has 27 heavy (non-hydrogen) atoms. The zero-order valence-electron chi connectivity index (χ0n) is 16.6. The number of carbonyl (C=O) groups excluding carboxylic acids is 2. The topological polar surface area (TPSA) is 43.4 Å². The lowest BCUT2D eigenvalue weighted by Gasteiger charge is -2.14. The molecule has 2 aromatic rings. The summed E-state index contributed by atoms with van der Waals surface area (Å²) in [4.78, 5) is 22.4. The van der Waals surface area contributed by atoms with E-state index in [4.69, 9.17) is 4.74 Å². The molecular formula is C24H30O3. The predicted molar refractivity (Wildman–Crippen MR) is 111 cm³/mol. The summed E-state index contributed by atoms with van der Waals surface area (Å²) < 4.78 is 5.94. The van der Waals surface area contributed by atoms with Crippen LogP contribution in [0.1, 0.15) is 67.2 Å². The Morgan fingerprint density at radius 2 is 1.74 bits per heavy atom. The van der Waals surface area contributed by atoms with Gasteiger partial charge in [-0.25, -0.2) is 0 Å². The van der Waals surface area contributed by atoms with E-state index in [1.165, 1.54) is 19.3 Å². The van der Waals surface area contributed by atoms with Gasteiger partial charge >= 0.3 is 0 Å². The maximum atomic E-state index is 11.3. The molecule has 1 unspecified atom stereocenters. The van der Waals surface area contributed by atoms with Crippen LogP contribution in [0.4, 0.5) is 0 Å². The molecule has 0 aliphatic carbocycles. The summed E-state index contributed by atoms with van der Waals surface area (Å²) in [5, 5.41) is 0. The summed E-state index contributed by atoms with van der Waals surface area (Å²) in [5.41, 5.74) is 2.75. The Morgan fingerprint density at radius 1 is 0.926 bits per heavy atom. The highest BCUT2D eigenvalue weighted by molar-refractivity contribution is 5.90. The third-order valence-electron chi connectivity index (χ3n) is 4.84. The van der Waals surface area contributed by atoms with Crippen LogP contribution in [0.15, 0.2) is 42.5 Å². The largest absolute Gasteiger partial charge is 0.494 e. The Hall–Kier alpha value is -2.42. The minimum absolute atomic E-state index is 0.553. The zero-order valence-corrected chi connectivity index (χ0v) is 16.6. The predicted octanol–water partition coefficient (Wildman–Crippen LogP) is 6.21. The summed E-state index contributed by atoms with van der Waals surface area (Å²) in [6.45, 7) is 7.49. The average molecular weight is 367 g/mol. The number of aldehydes is 2. The molecule has 0 radical (unpaired) electrons. The molecule has 2 rings (SSSR count). The van der Waals surface area contributed by atoms with Gasteiger partial charge in [0.2, 0.25) is 0 Å². The van der Waals surface area contributed by atoms with Gasteiger partial charge in [0.25, 0.3) is 0 Å². The van der Waals surface area contributed by atoms with Gasteiger partial charge in [0.15, 0.2) is 6.29 Å². The van der Waals surface area contributed by atoms with E-state index in [-0.39, 0.29) is 0 Å². The highest BCUT2D eigenvalue weighted by Crippen LogP contribution is 2.27. The highest BCUT2D eigenvalue weighted by atomic mass is 16.5. The molecule has 0 amide bonds. The van der Waals surface area contributed by atoms with Crippen molar-refractivity contribution in [1.82, 2.24) is 0 Å². The van der Waals surface area contributed by atoms with Crippen molar-refractivity contribution < 1.29 is 14.3 Å². The minimum Gasteiger partial charge on any atom is -0.494 e. The van der Waals surface area contributed by atoms with Crippen LogP contribution in [0, 0.1) is 11.8 Å². The molecular weight excluding hydrogens is 336 g/mol. The first-order valence-corrected chi connectivity index (χ1v) is 9.81. The lowest BCUT2D eigenvalue weighted by Crippen LogP contribution is -2.05. The lowest BCUT2D eigenvalue weighted by molar-refractivity contribution is 0.111. The normalized spacial score (nSPS) is 12.0. The van der Waals surface area contributed by atoms with Crippen LogP contribution in [-0.2, 0) is 0 Å². The van der Waals surface area contributed by atoms with Crippen LogP contribution in [0.5, 0.6) is 5.75 Å². The summed E-state index contributed by atoms with van der Waals surface area (Å²) >= 11 is 0. The standard InChI is InChI=1S/C24H30O3/c1-18(2)6-4-7-19(3)12-13-27-23-9-5-8-21(15-23)24-14-20(16-25)10-11-22(24)17-26/h5,8-11,14-19H,4,6-7,12-13H2,1-3H3. The van der Waals surface area contributed by atoms with Gasteiger partial charge in [-0.3, -0.25) is 9.59 Å². The van der Waals surface area contributed by atoms with Gasteiger partial charge in [-0.1, -0.05) is 64.3 Å². The molecule has 0 aliphatic rings. The summed E-state index contributed by atoms with van der Waals surface area (Å²) in [7, 11) is 0. The van der Waals surface area contributed by atoms with Crippen molar-refractivity contribution in [1.29, 1.82) is 0 Å². The first-order valence-electron chi connectivity index (χ1n) is 9.81. The van der Waals surface area contributed by atoms with Gasteiger partial charge in [-0.2, -0.15) is 0 Å². The fraction of sp³-hybridized carbons (Fsp3) is 0.417. The third kappa shape index (κ3) is 6.67. The van der Waals surface area contributed by atoms with E-state index in [1.54, 1.807) is 18.2 Å². The van der Waals surface area contributed by atoms with Gasteiger partial charge in [-0.05, 0) is 47.6 Å². The Kier molecular flexibility index (Phi) is 8.25. The SMILES string of the molecule is CC(C)CCCC(C)CCOc1cccc(-c2cc(C=O)ccc2C=O)c1. The monoisotopic (exact) mass is 366 g/mol. The maximum absolute atomic E-state index is 11.3. The lowest BCUT2D eigenvalue weighted by atomic mass is 9.97. The Labute approximate surface area is 162 Å². The van der Waals surface area contributed by atoms with Crippen LogP contribution in [0.3, 0.4) is 0 Å². The quantitative estimate of drug-likeness (QED) is 0.444. The van der Waals surface area contributed by atoms with E-state index < -0.39 is 0 Å². The van der Waals surface area contributed by atoms with Gasteiger partial charge in [0.1, 0.15) is 12.0 Å². The van der Waals surface area contributed by atoms with E-state index >= 15 is 0 Å². The molecule has 0 N–H and O–H groups in total. The number of benzene rings is 2. The molecule has 1 atom stereocenters. The van der Waals surface area contributed by atoms with Crippen molar-refractivity contribution >= 4 is 12.6 Å². The number of hydrogen-bond donors (Lipinski definition) is 0. The molecule has 0 aromatic heterocycles. The molecule has 3 heteroatoms. The Morgan fingerprint density at radius 3 is 2.44 bits per heavy atom. The first-order chi connectivity index (χ1) is 13.0. The second kappa shape index (κ2) is 10.7. The molecule has 0 heterocycles. The van der Waals surface area contributed by atoms with Crippen molar-refractivity contribution in [3.63, 3.8) is 0 Å². The fourth-order valence-electron chi connectivity index (χ4n) is 3.15. The number of hydrogen-bond acceptors (Lipinski definition) is 3. The van der Waals surface area contributed by atoms with Gasteiger partial charge < -0.3 is 4.74 Å². The minimum atomic E-state index is 0.553. The van der Waals surface area contributed by atoms with Crippen molar-refractivity contribution in [2.45, 2.75) is 46.5 Å². The molecule has 2 aromatic carbocycles. The molecule has 0 saturated carbocycles. The van der Waals surface area contributed by atoms with E-state index in [2.05, 4.69) is 20.8 Å². The van der Waals surface area contributed by atoms with Crippen LogP contribution >= 0.6 is 0 Å². The highest BCUT2D eigenvalue weighted by Gasteiger charge is 2.08. The van der Waals surface area contributed by atoms with Crippen LogP contribution in [-0.4, -0.2) is 19.2 Å². The van der Waals surface area contributed by atoms with Crippen molar-refractivity contribution in [3.8, 4) is 16.9 Å². The van der Waals surface area contributed by atoms with Crippen LogP contribution in [0.25, 0.3) is 11.1 Å². The molecule has 0 saturated heterocycles. The van der Waals surface area contributed by atoms with E-state index in [1.807, 2.05) is 24.3 Å². The van der Waals surface area contributed by atoms with Crippen LogP contribution in [0.2, 0.25) is 0 Å². The fourth-order valence-corrected chi connectivity index (χ4v) is 3.15. The first kappa shape index (κ1) is 20.9. The maximum Gasteiger partial charge on any atom is 0.150 e. The second-order valence-electron chi connectivity index (χ2n) is 7.68. The van der Waals surface area contributed by atoms with Gasteiger partial charge in [0, 0.05) is 11.1 Å². The molecule has 0 spiro atoms. The number of carbonyl (C=O) groups is 2. The Balaban J connectivity index is 1.98. The number of rotatable bonds is 11. The molecule has 0 bridgehead atoms. The summed E-state index contributed by atoms with van der Waals surface area (Å²) in [6.07, 6.45) is 6.43. The molecule has 3 nitrogen and oxygen atoms in total. The molecule has 144 valence electrons. The van der Waals surface area contributed by atoms with Crippen LogP contribution < -0.4 is 4.74 Å². The van der Waals surface area contributed by atoms with E-state index in [9.17, 15) is 9.59 Å². The van der Waals surface area contributed by atoms with Crippen molar-refractivity contribution in [2.24, 2.45) is 11.8 Å². The number of ether oxygens (including phenoxy) is 1. The Bertz CT molecular complexity index is 749. The second-order valence-corrected chi connectivity index (χ2v) is 7.68. The van der Waals surface area contributed by atoms with Crippen molar-refractivity contribution in [2.75, 3.05) is 6.61 Å². The zero-order chi connectivity index (χ0) is 19.6. The summed E-state index contributed by atoms with van der Waals surface area (Å²) in [6, 6.07) is 12.8. The van der Waals surface area contributed by atoms with Crippen molar-refractivity contribution in [3.05, 3.63) is 53.6 Å². The smallest absolute Gasteiger partial charge is 0.150 e. The average Bonchev–Trinajstić information content (AvgIpc) is 2.67. The molecule has 0 fully saturated rings. The van der Waals surface area contributed by atoms with Gasteiger partial charge in [0.05, 0.1) is 6.61 Å².